The van der Waals surface area contributed by atoms with Gasteiger partial charge in [-0.05, 0) is 12.1 Å². The molecule has 118 valence electrons. The lowest BCUT2D eigenvalue weighted by Crippen LogP contribution is -2.18. The fourth-order valence-corrected chi connectivity index (χ4v) is 1.57. The van der Waals surface area contributed by atoms with E-state index in [1.54, 1.807) is 18.2 Å². The maximum atomic E-state index is 11.8. The van der Waals surface area contributed by atoms with Crippen molar-refractivity contribution in [3.05, 3.63) is 23.8 Å². The summed E-state index contributed by atoms with van der Waals surface area (Å²) in [5.41, 5.74) is 6.13. The molecule has 8 heteroatoms. The average molecular weight is 323 g/mol. The fourth-order valence-electron chi connectivity index (χ4n) is 1.45. The molecule has 0 saturated carbocycles. The van der Waals surface area contributed by atoms with E-state index in [-0.39, 0.29) is 18.2 Å². The zero-order valence-corrected chi connectivity index (χ0v) is 12.2. The van der Waals surface area contributed by atoms with Crippen molar-refractivity contribution in [2.45, 2.75) is 12.6 Å². The molecule has 0 saturated heterocycles. The number of thiocarbonyl (C=S) groups is 1. The van der Waals surface area contributed by atoms with Crippen LogP contribution in [0.2, 0.25) is 0 Å². The largest absolute Gasteiger partial charge is 0.497 e. The van der Waals surface area contributed by atoms with E-state index in [1.807, 2.05) is 0 Å². The number of methoxy groups -OCH3 is 1. The summed E-state index contributed by atoms with van der Waals surface area (Å²) in [6.07, 6.45) is -3.98. The molecule has 0 heterocycles. The van der Waals surface area contributed by atoms with Crippen molar-refractivity contribution in [3.63, 3.8) is 0 Å². The van der Waals surface area contributed by atoms with Gasteiger partial charge in [-0.3, -0.25) is 0 Å². The topological polar surface area (TPSA) is 53.7 Å². The molecule has 0 bridgehead atoms. The van der Waals surface area contributed by atoms with Crippen molar-refractivity contribution in [1.82, 2.24) is 0 Å². The van der Waals surface area contributed by atoms with E-state index >= 15 is 0 Å². The third-order valence-corrected chi connectivity index (χ3v) is 2.60. The molecule has 0 fully saturated rings. The molecule has 0 radical (unpaired) electrons. The SMILES string of the molecule is COc1cc(OCCCOCC(F)(F)F)cc(C(N)=S)c1. The van der Waals surface area contributed by atoms with Gasteiger partial charge < -0.3 is 19.9 Å². The highest BCUT2D eigenvalue weighted by molar-refractivity contribution is 7.80. The van der Waals surface area contributed by atoms with Gasteiger partial charge in [-0.25, -0.2) is 0 Å². The van der Waals surface area contributed by atoms with E-state index in [1.165, 1.54) is 7.11 Å². The van der Waals surface area contributed by atoms with Crippen molar-refractivity contribution in [3.8, 4) is 11.5 Å². The Morgan fingerprint density at radius 3 is 2.43 bits per heavy atom. The standard InChI is InChI=1S/C13H16F3NO3S/c1-18-10-5-9(12(17)21)6-11(7-10)20-4-2-3-19-8-13(14,15)16/h5-7H,2-4,8H2,1H3,(H2,17,21). The normalized spacial score (nSPS) is 11.2. The molecule has 2 N–H and O–H groups in total. The van der Waals surface area contributed by atoms with Gasteiger partial charge in [0.2, 0.25) is 0 Å². The first-order valence-electron chi connectivity index (χ1n) is 6.08. The van der Waals surface area contributed by atoms with Crippen LogP contribution in [-0.2, 0) is 4.74 Å². The first-order chi connectivity index (χ1) is 9.81. The third kappa shape index (κ3) is 7.14. The Kier molecular flexibility index (Phi) is 6.70. The molecule has 0 amide bonds. The molecule has 0 aliphatic carbocycles. The highest BCUT2D eigenvalue weighted by atomic mass is 32.1. The molecule has 1 aromatic carbocycles. The Labute approximate surface area is 126 Å². The van der Waals surface area contributed by atoms with Crippen LogP contribution in [0.4, 0.5) is 13.2 Å². The van der Waals surface area contributed by atoms with Crippen LogP contribution in [0, 0.1) is 0 Å². The first-order valence-corrected chi connectivity index (χ1v) is 6.49. The number of hydrogen-bond acceptors (Lipinski definition) is 4. The van der Waals surface area contributed by atoms with Gasteiger partial charge >= 0.3 is 6.18 Å². The lowest BCUT2D eigenvalue weighted by atomic mass is 10.2. The number of halogens is 3. The summed E-state index contributed by atoms with van der Waals surface area (Å²) >= 11 is 4.87. The predicted molar refractivity (Wildman–Crippen MR) is 75.9 cm³/mol. The van der Waals surface area contributed by atoms with Crippen LogP contribution in [0.15, 0.2) is 18.2 Å². The highest BCUT2D eigenvalue weighted by Gasteiger charge is 2.27. The lowest BCUT2D eigenvalue weighted by molar-refractivity contribution is -0.174. The Hall–Kier alpha value is -1.54. The summed E-state index contributed by atoms with van der Waals surface area (Å²) in [4.78, 5) is 0.201. The van der Waals surface area contributed by atoms with Crippen LogP contribution in [-0.4, -0.2) is 38.1 Å². The minimum atomic E-state index is -4.31. The van der Waals surface area contributed by atoms with Gasteiger partial charge in [0.15, 0.2) is 0 Å². The van der Waals surface area contributed by atoms with Gasteiger partial charge in [0.1, 0.15) is 23.1 Å². The van der Waals surface area contributed by atoms with Crippen LogP contribution in [0.5, 0.6) is 11.5 Å². The molecule has 0 spiro atoms. The number of hydrogen-bond donors (Lipinski definition) is 1. The molecule has 4 nitrogen and oxygen atoms in total. The molecule has 0 aliphatic rings. The molecule has 21 heavy (non-hydrogen) atoms. The van der Waals surface area contributed by atoms with Gasteiger partial charge in [-0.15, -0.1) is 0 Å². The summed E-state index contributed by atoms with van der Waals surface area (Å²) in [7, 11) is 1.49. The third-order valence-electron chi connectivity index (χ3n) is 2.37. The summed E-state index contributed by atoms with van der Waals surface area (Å²) in [6, 6.07) is 4.95. The van der Waals surface area contributed by atoms with Crippen LogP contribution in [0.3, 0.4) is 0 Å². The molecule has 0 atom stereocenters. The molecular formula is C13H16F3NO3S. The van der Waals surface area contributed by atoms with Crippen molar-refractivity contribution < 1.29 is 27.4 Å². The summed E-state index contributed by atoms with van der Waals surface area (Å²) in [6.45, 7) is -1.08. The van der Waals surface area contributed by atoms with E-state index in [0.717, 1.165) is 0 Å². The van der Waals surface area contributed by atoms with Crippen molar-refractivity contribution in [2.24, 2.45) is 5.73 Å². The highest BCUT2D eigenvalue weighted by Crippen LogP contribution is 2.23. The van der Waals surface area contributed by atoms with E-state index in [0.29, 0.717) is 23.5 Å². The number of alkyl halides is 3. The van der Waals surface area contributed by atoms with Crippen molar-refractivity contribution >= 4 is 17.2 Å². The quantitative estimate of drug-likeness (QED) is 0.589. The predicted octanol–water partition coefficient (Wildman–Crippen LogP) is 2.68. The molecule has 0 unspecified atom stereocenters. The monoisotopic (exact) mass is 323 g/mol. The second-order valence-corrected chi connectivity index (χ2v) is 4.57. The zero-order chi connectivity index (χ0) is 15.9. The average Bonchev–Trinajstić information content (AvgIpc) is 2.41. The zero-order valence-electron chi connectivity index (χ0n) is 11.4. The van der Waals surface area contributed by atoms with Gasteiger partial charge in [-0.2, -0.15) is 13.2 Å². The summed E-state index contributed by atoms with van der Waals surface area (Å²) in [5.74, 6) is 1.01. The van der Waals surface area contributed by atoms with E-state index in [9.17, 15) is 13.2 Å². The number of nitrogens with two attached hydrogens (primary N) is 1. The Bertz CT molecular complexity index is 480. The molecule has 1 rings (SSSR count). The van der Waals surface area contributed by atoms with Crippen LogP contribution in [0.25, 0.3) is 0 Å². The molecule has 1 aromatic rings. The van der Waals surface area contributed by atoms with Gasteiger partial charge in [0.05, 0.1) is 20.3 Å². The van der Waals surface area contributed by atoms with Crippen LogP contribution < -0.4 is 15.2 Å². The van der Waals surface area contributed by atoms with Crippen LogP contribution >= 0.6 is 12.2 Å². The summed E-state index contributed by atoms with van der Waals surface area (Å²) in [5, 5.41) is 0. The second kappa shape index (κ2) is 8.04. The number of benzene rings is 1. The van der Waals surface area contributed by atoms with Gasteiger partial charge in [0.25, 0.3) is 0 Å². The number of ether oxygens (including phenoxy) is 3. The van der Waals surface area contributed by atoms with Crippen molar-refractivity contribution in [1.29, 1.82) is 0 Å². The minimum Gasteiger partial charge on any atom is -0.497 e. The Morgan fingerprint density at radius 1 is 1.19 bits per heavy atom. The smallest absolute Gasteiger partial charge is 0.411 e. The second-order valence-electron chi connectivity index (χ2n) is 4.13. The van der Waals surface area contributed by atoms with Gasteiger partial charge in [-0.1, -0.05) is 12.2 Å². The Morgan fingerprint density at radius 2 is 1.86 bits per heavy atom. The summed E-state index contributed by atoms with van der Waals surface area (Å²) < 4.78 is 50.5. The van der Waals surface area contributed by atoms with E-state index in [2.05, 4.69) is 4.74 Å². The Balaban J connectivity index is 2.41. The molecule has 0 aliphatic heterocycles. The minimum absolute atomic E-state index is 0.0361. The fraction of sp³-hybridized carbons (Fsp3) is 0.462. The van der Waals surface area contributed by atoms with Crippen LogP contribution in [0.1, 0.15) is 12.0 Å². The van der Waals surface area contributed by atoms with E-state index < -0.39 is 12.8 Å². The maximum absolute atomic E-state index is 11.8. The van der Waals surface area contributed by atoms with Crippen molar-refractivity contribution in [2.75, 3.05) is 26.9 Å². The number of rotatable bonds is 8. The van der Waals surface area contributed by atoms with E-state index in [4.69, 9.17) is 27.4 Å². The lowest BCUT2D eigenvalue weighted by Gasteiger charge is -2.11. The molecule has 0 aromatic heterocycles. The van der Waals surface area contributed by atoms with Gasteiger partial charge in [0, 0.05) is 18.1 Å². The maximum Gasteiger partial charge on any atom is 0.411 e. The first kappa shape index (κ1) is 17.5. The molecular weight excluding hydrogens is 307 g/mol.